The molecule has 5 nitrogen and oxygen atoms in total. The Bertz CT molecular complexity index is 1040. The molecule has 0 saturated carbocycles. The molecule has 0 unspecified atom stereocenters. The predicted octanol–water partition coefficient (Wildman–Crippen LogP) is 5.49. The van der Waals surface area contributed by atoms with Gasteiger partial charge in [-0.05, 0) is 29.8 Å². The van der Waals surface area contributed by atoms with Gasteiger partial charge in [-0.2, -0.15) is 13.9 Å². The maximum atomic E-state index is 12.5. The summed E-state index contributed by atoms with van der Waals surface area (Å²) in [7, 11) is 0. The number of hydrogen-bond acceptors (Lipinski definition) is 3. The van der Waals surface area contributed by atoms with Crippen LogP contribution in [-0.2, 0) is 11.3 Å². The number of hydrogen-bond donors (Lipinski definition) is 1. The number of rotatable bonds is 7. The molecule has 0 saturated heterocycles. The average molecular weight is 438 g/mol. The van der Waals surface area contributed by atoms with Gasteiger partial charge in [-0.15, -0.1) is 0 Å². The summed E-state index contributed by atoms with van der Waals surface area (Å²) in [5.74, 6) is -0.0300. The van der Waals surface area contributed by atoms with Crippen LogP contribution < -0.4 is 10.1 Å². The van der Waals surface area contributed by atoms with E-state index in [1.807, 2.05) is 0 Å². The third kappa shape index (κ3) is 5.79. The van der Waals surface area contributed by atoms with E-state index in [2.05, 4.69) is 15.2 Å². The first-order valence-corrected chi connectivity index (χ1v) is 9.16. The first-order chi connectivity index (χ1) is 13.9. The van der Waals surface area contributed by atoms with E-state index >= 15 is 0 Å². The van der Waals surface area contributed by atoms with Gasteiger partial charge in [-0.3, -0.25) is 4.79 Å². The van der Waals surface area contributed by atoms with E-state index < -0.39 is 12.5 Å². The number of benzene rings is 2. The molecule has 1 aromatic heterocycles. The van der Waals surface area contributed by atoms with Crippen LogP contribution in [-0.4, -0.2) is 22.3 Å². The van der Waals surface area contributed by atoms with Crippen molar-refractivity contribution in [2.24, 2.45) is 0 Å². The zero-order valence-corrected chi connectivity index (χ0v) is 16.4. The highest BCUT2D eigenvalue weighted by Crippen LogP contribution is 2.23. The third-order valence-electron chi connectivity index (χ3n) is 3.85. The Labute approximate surface area is 175 Å². The molecule has 0 atom stereocenters. The van der Waals surface area contributed by atoms with Crippen LogP contribution in [0.3, 0.4) is 0 Å². The van der Waals surface area contributed by atoms with Gasteiger partial charge in [0, 0.05) is 27.8 Å². The Morgan fingerprint density at radius 3 is 2.76 bits per heavy atom. The number of anilines is 1. The van der Waals surface area contributed by atoms with E-state index in [-0.39, 0.29) is 5.75 Å². The molecule has 1 amide bonds. The molecule has 3 aromatic rings. The second-order valence-electron chi connectivity index (χ2n) is 5.85. The van der Waals surface area contributed by atoms with Crippen molar-refractivity contribution in [2.75, 3.05) is 5.32 Å². The van der Waals surface area contributed by atoms with E-state index in [0.29, 0.717) is 28.0 Å². The number of alkyl halides is 2. The van der Waals surface area contributed by atoms with Crippen molar-refractivity contribution in [3.63, 3.8) is 0 Å². The summed E-state index contributed by atoms with van der Waals surface area (Å²) in [4.78, 5) is 12.3. The van der Waals surface area contributed by atoms with Crippen LogP contribution in [0.4, 0.5) is 14.6 Å². The molecule has 0 bridgehead atoms. The van der Waals surface area contributed by atoms with Gasteiger partial charge >= 0.3 is 6.61 Å². The number of carbonyl (C=O) groups excluding carboxylic acids is 1. The quantitative estimate of drug-likeness (QED) is 0.497. The van der Waals surface area contributed by atoms with Crippen molar-refractivity contribution < 1.29 is 18.3 Å². The number of amides is 1. The standard InChI is InChI=1S/C20H15Cl2F2N3O2/c21-15-7-5-14(16(22)11-15)12-27-18(9-10-25-27)26-19(28)8-6-13-3-1-2-4-17(13)29-20(23)24/h1-11,20H,12H2,(H,26,28)/b8-6+. The zero-order chi connectivity index (χ0) is 20.8. The summed E-state index contributed by atoms with van der Waals surface area (Å²) in [5, 5.41) is 7.87. The Balaban J connectivity index is 1.70. The fraction of sp³-hybridized carbons (Fsp3) is 0.100. The average Bonchev–Trinajstić information content (AvgIpc) is 3.09. The third-order valence-corrected chi connectivity index (χ3v) is 4.44. The van der Waals surface area contributed by atoms with Crippen LogP contribution in [0.1, 0.15) is 11.1 Å². The molecule has 1 heterocycles. The lowest BCUT2D eigenvalue weighted by Crippen LogP contribution is -2.14. The lowest BCUT2D eigenvalue weighted by Gasteiger charge is -2.10. The van der Waals surface area contributed by atoms with Crippen molar-refractivity contribution in [1.29, 1.82) is 0 Å². The predicted molar refractivity (Wildman–Crippen MR) is 109 cm³/mol. The second-order valence-corrected chi connectivity index (χ2v) is 6.69. The molecular formula is C20H15Cl2F2N3O2. The van der Waals surface area contributed by atoms with Gasteiger partial charge in [0.15, 0.2) is 0 Å². The monoisotopic (exact) mass is 437 g/mol. The Kier molecular flexibility index (Phi) is 6.85. The summed E-state index contributed by atoms with van der Waals surface area (Å²) < 4.78 is 30.9. The van der Waals surface area contributed by atoms with E-state index in [0.717, 1.165) is 5.56 Å². The van der Waals surface area contributed by atoms with Gasteiger partial charge in [-0.1, -0.05) is 47.5 Å². The van der Waals surface area contributed by atoms with Gasteiger partial charge in [0.1, 0.15) is 11.6 Å². The Morgan fingerprint density at radius 2 is 2.00 bits per heavy atom. The number of nitrogens with one attached hydrogen (secondary N) is 1. The van der Waals surface area contributed by atoms with E-state index in [9.17, 15) is 13.6 Å². The number of para-hydroxylation sites is 1. The van der Waals surface area contributed by atoms with Crippen LogP contribution in [0, 0.1) is 0 Å². The number of halogens is 4. The normalized spacial score (nSPS) is 11.2. The highest BCUT2D eigenvalue weighted by Gasteiger charge is 2.10. The second kappa shape index (κ2) is 9.54. The van der Waals surface area contributed by atoms with E-state index in [4.69, 9.17) is 23.2 Å². The smallest absolute Gasteiger partial charge is 0.387 e. The SMILES string of the molecule is O=C(/C=C/c1ccccc1OC(F)F)Nc1ccnn1Cc1ccc(Cl)cc1Cl. The van der Waals surface area contributed by atoms with Crippen molar-refractivity contribution in [3.05, 3.63) is 82.0 Å². The van der Waals surface area contributed by atoms with Crippen LogP contribution >= 0.6 is 23.2 Å². The van der Waals surface area contributed by atoms with Gasteiger partial charge < -0.3 is 10.1 Å². The fourth-order valence-electron chi connectivity index (χ4n) is 2.53. The molecule has 1 N–H and O–H groups in total. The molecule has 0 aliphatic carbocycles. The van der Waals surface area contributed by atoms with Crippen LogP contribution in [0.25, 0.3) is 6.08 Å². The van der Waals surface area contributed by atoms with Gasteiger partial charge in [0.25, 0.3) is 0 Å². The first kappa shape index (κ1) is 20.8. The molecule has 3 rings (SSSR count). The summed E-state index contributed by atoms with van der Waals surface area (Å²) >= 11 is 12.1. The van der Waals surface area contributed by atoms with E-state index in [1.165, 1.54) is 24.4 Å². The maximum Gasteiger partial charge on any atom is 0.387 e. The molecule has 150 valence electrons. The Morgan fingerprint density at radius 1 is 1.21 bits per heavy atom. The summed E-state index contributed by atoms with van der Waals surface area (Å²) in [6.45, 7) is -2.62. The lowest BCUT2D eigenvalue weighted by atomic mass is 10.2. The fourth-order valence-corrected chi connectivity index (χ4v) is 3.00. The van der Waals surface area contributed by atoms with Crippen molar-refractivity contribution in [1.82, 2.24) is 9.78 Å². The minimum atomic E-state index is -2.95. The first-order valence-electron chi connectivity index (χ1n) is 8.41. The molecule has 0 aliphatic heterocycles. The maximum absolute atomic E-state index is 12.5. The molecular weight excluding hydrogens is 423 g/mol. The largest absolute Gasteiger partial charge is 0.434 e. The highest BCUT2D eigenvalue weighted by atomic mass is 35.5. The summed E-state index contributed by atoms with van der Waals surface area (Å²) in [6.07, 6.45) is 4.15. The Hall–Kier alpha value is -2.90. The molecule has 0 radical (unpaired) electrons. The number of ether oxygens (including phenoxy) is 1. The molecule has 29 heavy (non-hydrogen) atoms. The van der Waals surface area contributed by atoms with Crippen molar-refractivity contribution >= 4 is 41.0 Å². The molecule has 0 aliphatic rings. The van der Waals surface area contributed by atoms with Crippen LogP contribution in [0.15, 0.2) is 60.8 Å². The minimum absolute atomic E-state index is 0.0195. The summed E-state index contributed by atoms with van der Waals surface area (Å²) in [5.41, 5.74) is 1.13. The van der Waals surface area contributed by atoms with Crippen LogP contribution in [0.5, 0.6) is 5.75 Å². The van der Waals surface area contributed by atoms with Gasteiger partial charge in [0.05, 0.1) is 12.7 Å². The van der Waals surface area contributed by atoms with Crippen LogP contribution in [0.2, 0.25) is 10.0 Å². The van der Waals surface area contributed by atoms with Gasteiger partial charge in [-0.25, -0.2) is 4.68 Å². The molecule has 9 heteroatoms. The van der Waals surface area contributed by atoms with Gasteiger partial charge in [0.2, 0.25) is 5.91 Å². The molecule has 2 aromatic carbocycles. The molecule has 0 fully saturated rings. The van der Waals surface area contributed by atoms with E-state index in [1.54, 1.807) is 47.1 Å². The minimum Gasteiger partial charge on any atom is -0.434 e. The number of carbonyl (C=O) groups is 1. The topological polar surface area (TPSA) is 56.1 Å². The zero-order valence-electron chi connectivity index (χ0n) is 14.9. The number of aromatic nitrogens is 2. The molecule has 0 spiro atoms. The number of nitrogens with zero attached hydrogens (tertiary/aromatic N) is 2. The van der Waals surface area contributed by atoms with Crippen molar-refractivity contribution in [3.8, 4) is 5.75 Å². The highest BCUT2D eigenvalue weighted by molar-refractivity contribution is 6.35. The van der Waals surface area contributed by atoms with Crippen molar-refractivity contribution in [2.45, 2.75) is 13.2 Å². The lowest BCUT2D eigenvalue weighted by molar-refractivity contribution is -0.111. The summed E-state index contributed by atoms with van der Waals surface area (Å²) in [6, 6.07) is 12.9.